The second-order valence-corrected chi connectivity index (χ2v) is 9.97. The Morgan fingerprint density at radius 1 is 1.12 bits per heavy atom. The lowest BCUT2D eigenvalue weighted by molar-refractivity contribution is -0.126. The van der Waals surface area contributed by atoms with Crippen molar-refractivity contribution >= 4 is 15.9 Å². The monoisotopic (exact) mass is 471 g/mol. The van der Waals surface area contributed by atoms with Crippen LogP contribution in [0.1, 0.15) is 44.2 Å². The van der Waals surface area contributed by atoms with Crippen molar-refractivity contribution in [2.45, 2.75) is 49.6 Å². The van der Waals surface area contributed by atoms with Crippen LogP contribution in [0.5, 0.6) is 0 Å². The largest absolute Gasteiger partial charge is 0.349 e. The number of benzene rings is 1. The van der Waals surface area contributed by atoms with Crippen molar-refractivity contribution in [1.82, 2.24) is 24.8 Å². The minimum Gasteiger partial charge on any atom is -0.349 e. The van der Waals surface area contributed by atoms with Gasteiger partial charge in [0.1, 0.15) is 10.7 Å². The highest BCUT2D eigenvalue weighted by Gasteiger charge is 2.30. The molecule has 1 saturated carbocycles. The highest BCUT2D eigenvalue weighted by molar-refractivity contribution is 7.89. The maximum Gasteiger partial charge on any atom is 0.242 e. The van der Waals surface area contributed by atoms with Gasteiger partial charge >= 0.3 is 0 Å². The molecule has 8 nitrogen and oxygen atoms in total. The number of carbonyl (C=O) groups excluding carboxylic acids is 1. The molecule has 0 unspecified atom stereocenters. The lowest BCUT2D eigenvalue weighted by Gasteiger charge is -2.29. The summed E-state index contributed by atoms with van der Waals surface area (Å²) in [5.74, 6) is -0.0294. The van der Waals surface area contributed by atoms with Gasteiger partial charge in [-0.1, -0.05) is 12.1 Å². The van der Waals surface area contributed by atoms with E-state index >= 15 is 0 Å². The molecule has 2 N–H and O–H groups in total. The Labute approximate surface area is 192 Å². The van der Waals surface area contributed by atoms with E-state index in [0.717, 1.165) is 5.56 Å². The van der Waals surface area contributed by atoms with E-state index in [4.69, 9.17) is 0 Å². The van der Waals surface area contributed by atoms with Crippen LogP contribution in [0, 0.1) is 11.7 Å². The number of amides is 1. The number of hydrogen-bond donors (Lipinski definition) is 2. The van der Waals surface area contributed by atoms with Crippen LogP contribution in [-0.2, 0) is 14.8 Å². The average molecular weight is 472 g/mol. The lowest BCUT2D eigenvalue weighted by Crippen LogP contribution is -2.41. The van der Waals surface area contributed by atoms with Gasteiger partial charge in [0.15, 0.2) is 5.82 Å². The quantitative estimate of drug-likeness (QED) is 0.551. The number of nitrogens with zero attached hydrogens (tertiary/aromatic N) is 3. The molecule has 1 aliphatic carbocycles. The fourth-order valence-electron chi connectivity index (χ4n) is 4.00. The van der Waals surface area contributed by atoms with Gasteiger partial charge in [-0.3, -0.25) is 4.79 Å². The van der Waals surface area contributed by atoms with Gasteiger partial charge in [-0.05, 0) is 68.5 Å². The van der Waals surface area contributed by atoms with E-state index in [0.29, 0.717) is 31.5 Å². The molecule has 0 saturated heterocycles. The SMILES string of the molecule is C[C@@H](NC(=O)[C@H]1CC[C@H](NS(=O)(=O)c2ccc(-n3cccn3)nc2)CC1)c1ccc(F)cc1. The predicted octanol–water partition coefficient (Wildman–Crippen LogP) is 3.12. The van der Waals surface area contributed by atoms with Crippen LogP contribution in [0.3, 0.4) is 0 Å². The summed E-state index contributed by atoms with van der Waals surface area (Å²) in [5, 5.41) is 7.05. The third-order valence-electron chi connectivity index (χ3n) is 5.92. The predicted molar refractivity (Wildman–Crippen MR) is 120 cm³/mol. The Hall–Kier alpha value is -3.11. The molecule has 1 aliphatic rings. The maximum atomic E-state index is 13.1. The number of rotatable bonds is 7. The second-order valence-electron chi connectivity index (χ2n) is 8.25. The number of nitrogens with one attached hydrogen (secondary N) is 2. The molecule has 1 atom stereocenters. The van der Waals surface area contributed by atoms with Crippen molar-refractivity contribution in [3.63, 3.8) is 0 Å². The Morgan fingerprint density at radius 3 is 2.45 bits per heavy atom. The molecule has 0 spiro atoms. The summed E-state index contributed by atoms with van der Waals surface area (Å²) in [5.41, 5.74) is 0.832. The summed E-state index contributed by atoms with van der Waals surface area (Å²) < 4.78 is 42.9. The van der Waals surface area contributed by atoms with Gasteiger partial charge in [0.05, 0.1) is 6.04 Å². The van der Waals surface area contributed by atoms with Crippen LogP contribution < -0.4 is 10.0 Å². The van der Waals surface area contributed by atoms with Crippen LogP contribution in [-0.4, -0.2) is 35.1 Å². The van der Waals surface area contributed by atoms with Gasteiger partial charge in [-0.25, -0.2) is 27.2 Å². The van der Waals surface area contributed by atoms with Gasteiger partial charge < -0.3 is 5.32 Å². The fraction of sp³-hybridized carbons (Fsp3) is 0.348. The summed E-state index contributed by atoms with van der Waals surface area (Å²) in [6.07, 6.45) is 6.98. The first kappa shape index (κ1) is 23.1. The molecule has 1 amide bonds. The van der Waals surface area contributed by atoms with Crippen molar-refractivity contribution in [3.8, 4) is 5.82 Å². The molecule has 174 valence electrons. The minimum absolute atomic E-state index is 0.0634. The van der Waals surface area contributed by atoms with E-state index in [2.05, 4.69) is 20.1 Å². The van der Waals surface area contributed by atoms with Gasteiger partial charge in [0, 0.05) is 30.6 Å². The highest BCUT2D eigenvalue weighted by Crippen LogP contribution is 2.27. The number of sulfonamides is 1. The third-order valence-corrected chi connectivity index (χ3v) is 7.42. The summed E-state index contributed by atoms with van der Waals surface area (Å²) in [7, 11) is -3.72. The standard InChI is InChI=1S/C23H26FN5O3S/c1-16(17-3-7-19(24)8-4-17)27-23(30)18-5-9-20(10-6-18)28-33(31,32)21-11-12-22(25-15-21)29-14-2-13-26-29/h2-4,7-8,11-16,18,20,28H,5-6,9-10H2,1H3,(H,27,30)/t16-,18-,20-/m1/s1. The molecular weight excluding hydrogens is 445 g/mol. The first-order valence-electron chi connectivity index (χ1n) is 10.9. The first-order chi connectivity index (χ1) is 15.8. The molecule has 0 bridgehead atoms. The van der Waals surface area contributed by atoms with E-state index in [9.17, 15) is 17.6 Å². The van der Waals surface area contributed by atoms with E-state index in [1.165, 1.54) is 24.4 Å². The van der Waals surface area contributed by atoms with E-state index < -0.39 is 10.0 Å². The van der Waals surface area contributed by atoms with Crippen LogP contribution >= 0.6 is 0 Å². The van der Waals surface area contributed by atoms with E-state index in [1.54, 1.807) is 41.3 Å². The molecule has 0 radical (unpaired) electrons. The fourth-order valence-corrected chi connectivity index (χ4v) is 5.25. The first-order valence-corrected chi connectivity index (χ1v) is 12.3. The van der Waals surface area contributed by atoms with E-state index in [1.807, 2.05) is 6.92 Å². The maximum absolute atomic E-state index is 13.1. The molecular formula is C23H26FN5O3S. The zero-order chi connectivity index (χ0) is 23.4. The lowest BCUT2D eigenvalue weighted by atomic mass is 9.85. The summed E-state index contributed by atoms with van der Waals surface area (Å²) in [4.78, 5) is 16.9. The number of halogens is 1. The highest BCUT2D eigenvalue weighted by atomic mass is 32.2. The summed E-state index contributed by atoms with van der Waals surface area (Å²) >= 11 is 0. The Balaban J connectivity index is 1.29. The topological polar surface area (TPSA) is 106 Å². The molecule has 10 heteroatoms. The smallest absolute Gasteiger partial charge is 0.242 e. The van der Waals surface area contributed by atoms with Crippen LogP contribution in [0.15, 0.2) is 66.0 Å². The van der Waals surface area contributed by atoms with Crippen LogP contribution in [0.2, 0.25) is 0 Å². The Bertz CT molecular complexity index is 1170. The van der Waals surface area contributed by atoms with Crippen molar-refractivity contribution in [2.24, 2.45) is 5.92 Å². The number of aromatic nitrogens is 3. The molecule has 33 heavy (non-hydrogen) atoms. The van der Waals surface area contributed by atoms with Crippen LogP contribution in [0.25, 0.3) is 5.82 Å². The Kier molecular flexibility index (Phi) is 6.85. The minimum atomic E-state index is -3.72. The van der Waals surface area contributed by atoms with Crippen LogP contribution in [0.4, 0.5) is 4.39 Å². The molecule has 1 aromatic carbocycles. The molecule has 1 fully saturated rings. The summed E-state index contributed by atoms with van der Waals surface area (Å²) in [6.45, 7) is 1.86. The molecule has 2 heterocycles. The van der Waals surface area contributed by atoms with Gasteiger partial charge in [0.2, 0.25) is 15.9 Å². The zero-order valence-corrected chi connectivity index (χ0v) is 19.0. The van der Waals surface area contributed by atoms with E-state index in [-0.39, 0.29) is 34.6 Å². The third kappa shape index (κ3) is 5.63. The number of pyridine rings is 1. The normalized spacial score (nSPS) is 19.7. The molecule has 0 aliphatic heterocycles. The van der Waals surface area contributed by atoms with Gasteiger partial charge in [-0.2, -0.15) is 5.10 Å². The number of hydrogen-bond acceptors (Lipinski definition) is 5. The molecule has 3 aromatic rings. The number of carbonyl (C=O) groups is 1. The summed E-state index contributed by atoms with van der Waals surface area (Å²) in [6, 6.07) is 10.4. The van der Waals surface area contributed by atoms with Crippen molar-refractivity contribution in [2.75, 3.05) is 0 Å². The van der Waals surface area contributed by atoms with Gasteiger partial charge in [0.25, 0.3) is 0 Å². The average Bonchev–Trinajstić information content (AvgIpc) is 3.35. The van der Waals surface area contributed by atoms with Crippen molar-refractivity contribution in [3.05, 3.63) is 72.4 Å². The zero-order valence-electron chi connectivity index (χ0n) is 18.2. The second kappa shape index (κ2) is 9.80. The molecule has 4 rings (SSSR count). The Morgan fingerprint density at radius 2 is 1.85 bits per heavy atom. The van der Waals surface area contributed by atoms with Gasteiger partial charge in [-0.15, -0.1) is 0 Å². The van der Waals surface area contributed by atoms with Crippen molar-refractivity contribution in [1.29, 1.82) is 0 Å². The van der Waals surface area contributed by atoms with Crippen molar-refractivity contribution < 1.29 is 17.6 Å². The molecule has 2 aromatic heterocycles.